The lowest BCUT2D eigenvalue weighted by Gasteiger charge is -2.12. The van der Waals surface area contributed by atoms with Gasteiger partial charge in [0.25, 0.3) is 15.5 Å². The van der Waals surface area contributed by atoms with Gasteiger partial charge in [0.2, 0.25) is 0 Å². The fourth-order valence-corrected chi connectivity index (χ4v) is 2.05. The second kappa shape index (κ2) is 4.88. The Morgan fingerprint density at radius 2 is 1.78 bits per heavy atom. The Kier molecular flexibility index (Phi) is 4.06. The molecule has 0 unspecified atom stereocenters. The van der Waals surface area contributed by atoms with Crippen LogP contribution in [0.25, 0.3) is 0 Å². The summed E-state index contributed by atoms with van der Waals surface area (Å²) >= 11 is 0. The molecule has 1 aromatic carbocycles. The largest absolute Gasteiger partial charge is 0.573 e. The summed E-state index contributed by atoms with van der Waals surface area (Å²) in [6.45, 7) is 0. The van der Waals surface area contributed by atoms with E-state index in [9.17, 15) is 30.4 Å². The predicted octanol–water partition coefficient (Wildman–Crippen LogP) is 3.45. The van der Waals surface area contributed by atoms with Crippen molar-refractivity contribution in [3.63, 3.8) is 0 Å². The number of ether oxygens (including phenoxy) is 1. The zero-order valence-corrected chi connectivity index (χ0v) is 9.78. The highest BCUT2D eigenvalue weighted by Gasteiger charge is 2.34. The van der Waals surface area contributed by atoms with Gasteiger partial charge < -0.3 is 4.74 Å². The summed E-state index contributed by atoms with van der Waals surface area (Å²) in [5.41, 5.74) is -0.788. The van der Waals surface area contributed by atoms with Gasteiger partial charge in [0.05, 0.1) is 0 Å². The van der Waals surface area contributed by atoms with Crippen molar-refractivity contribution >= 4 is 19.7 Å². The Morgan fingerprint density at radius 3 is 2.17 bits per heavy atom. The molecule has 102 valence electrons. The highest BCUT2D eigenvalue weighted by molar-refractivity contribution is 8.13. The van der Waals surface area contributed by atoms with Crippen molar-refractivity contribution in [2.45, 2.75) is 17.7 Å². The van der Waals surface area contributed by atoms with Crippen LogP contribution in [0.3, 0.4) is 0 Å². The molecule has 3 nitrogen and oxygen atoms in total. The van der Waals surface area contributed by atoms with Crippen LogP contribution in [0.15, 0.2) is 23.1 Å². The molecule has 1 rings (SSSR count). The van der Waals surface area contributed by atoms with Gasteiger partial charge >= 0.3 is 6.36 Å². The molecule has 0 amide bonds. The van der Waals surface area contributed by atoms with Gasteiger partial charge in [-0.1, -0.05) is 0 Å². The highest BCUT2D eigenvalue weighted by atomic mass is 35.7. The summed E-state index contributed by atoms with van der Waals surface area (Å²) in [7, 11) is 0.201. The summed E-state index contributed by atoms with van der Waals surface area (Å²) in [6.07, 6.45) is -8.22. The minimum Gasteiger partial charge on any atom is -0.404 e. The number of hydrogen-bond donors (Lipinski definition) is 0. The maximum absolute atomic E-state index is 12.3. The summed E-state index contributed by atoms with van der Waals surface area (Å²) in [4.78, 5) is -1.17. The highest BCUT2D eigenvalue weighted by Crippen LogP contribution is 2.34. The fourth-order valence-electron chi connectivity index (χ4n) is 1.06. The Morgan fingerprint density at radius 1 is 1.22 bits per heavy atom. The van der Waals surface area contributed by atoms with Crippen molar-refractivity contribution in [3.05, 3.63) is 23.8 Å². The van der Waals surface area contributed by atoms with E-state index in [0.717, 1.165) is 0 Å². The number of halogens is 6. The van der Waals surface area contributed by atoms with Crippen molar-refractivity contribution < 1.29 is 35.1 Å². The maximum Gasteiger partial charge on any atom is 0.573 e. The van der Waals surface area contributed by atoms with Gasteiger partial charge in [-0.2, -0.15) is 0 Å². The third kappa shape index (κ3) is 3.98. The van der Waals surface area contributed by atoms with Crippen molar-refractivity contribution in [3.8, 4) is 5.75 Å². The second-order valence-electron chi connectivity index (χ2n) is 2.99. The van der Waals surface area contributed by atoms with Gasteiger partial charge in [-0.3, -0.25) is 0 Å². The standard InChI is InChI=1S/C8H4ClF5O3S/c9-18(15,16)6-3-4(7(10)11)1-2-5(6)17-8(12,13)14/h1-3,7H. The SMILES string of the molecule is O=S(=O)(Cl)c1cc(C(F)F)ccc1OC(F)(F)F. The number of hydrogen-bond acceptors (Lipinski definition) is 3. The molecule has 0 N–H and O–H groups in total. The first-order valence-corrected chi connectivity index (χ1v) is 6.44. The van der Waals surface area contributed by atoms with Crippen molar-refractivity contribution in [1.29, 1.82) is 0 Å². The van der Waals surface area contributed by atoms with Crippen molar-refractivity contribution in [2.75, 3.05) is 0 Å². The third-order valence-electron chi connectivity index (χ3n) is 1.71. The van der Waals surface area contributed by atoms with Crippen LogP contribution in [0, 0.1) is 0 Å². The summed E-state index contributed by atoms with van der Waals surface area (Å²) < 4.78 is 85.8. The topological polar surface area (TPSA) is 43.4 Å². The van der Waals surface area contributed by atoms with Gasteiger partial charge in [0, 0.05) is 16.2 Å². The van der Waals surface area contributed by atoms with E-state index in [4.69, 9.17) is 10.7 Å². The molecule has 0 heterocycles. The lowest BCUT2D eigenvalue weighted by Crippen LogP contribution is -2.18. The normalized spacial score (nSPS) is 12.8. The van der Waals surface area contributed by atoms with Crippen LogP contribution in [0.1, 0.15) is 12.0 Å². The zero-order chi connectivity index (χ0) is 14.1. The molecule has 0 aromatic heterocycles. The Balaban J connectivity index is 3.36. The van der Waals surface area contributed by atoms with Crippen molar-refractivity contribution in [2.24, 2.45) is 0 Å². The van der Waals surface area contributed by atoms with E-state index in [0.29, 0.717) is 18.2 Å². The maximum atomic E-state index is 12.3. The summed E-state index contributed by atoms with van der Waals surface area (Å²) in [6, 6.07) is 1.40. The third-order valence-corrected chi connectivity index (χ3v) is 3.05. The molecule has 0 saturated heterocycles. The van der Waals surface area contributed by atoms with E-state index in [1.807, 2.05) is 0 Å². The lowest BCUT2D eigenvalue weighted by molar-refractivity contribution is -0.275. The number of alkyl halides is 5. The van der Waals surface area contributed by atoms with Gasteiger partial charge in [0.1, 0.15) is 10.6 Å². The number of rotatable bonds is 3. The first-order chi connectivity index (χ1) is 8.00. The summed E-state index contributed by atoms with van der Waals surface area (Å²) in [5.74, 6) is -1.16. The minimum absolute atomic E-state index is 0.327. The van der Waals surface area contributed by atoms with Crippen molar-refractivity contribution in [1.82, 2.24) is 0 Å². The van der Waals surface area contributed by atoms with Crippen LogP contribution in [0.5, 0.6) is 5.75 Å². The monoisotopic (exact) mass is 310 g/mol. The second-order valence-corrected chi connectivity index (χ2v) is 5.53. The Labute approximate surface area is 103 Å². The predicted molar refractivity (Wildman–Crippen MR) is 51.1 cm³/mol. The minimum atomic E-state index is -5.16. The number of benzene rings is 1. The molecule has 18 heavy (non-hydrogen) atoms. The van der Waals surface area contributed by atoms with Crippen LogP contribution in [0.4, 0.5) is 22.0 Å². The van der Waals surface area contributed by atoms with Gasteiger partial charge in [-0.05, 0) is 18.2 Å². The molecule has 0 fully saturated rings. The van der Waals surface area contributed by atoms with Crippen LogP contribution >= 0.6 is 10.7 Å². The Bertz CT molecular complexity index is 540. The van der Waals surface area contributed by atoms with Crippen LogP contribution < -0.4 is 4.74 Å². The van der Waals surface area contributed by atoms with E-state index in [-0.39, 0.29) is 0 Å². The van der Waals surface area contributed by atoms with E-state index in [1.54, 1.807) is 0 Å². The first-order valence-electron chi connectivity index (χ1n) is 4.13. The molecule has 1 aromatic rings. The quantitative estimate of drug-likeness (QED) is 0.634. The Hall–Kier alpha value is -1.09. The van der Waals surface area contributed by atoms with Gasteiger partial charge in [0.15, 0.2) is 0 Å². The van der Waals surface area contributed by atoms with Gasteiger partial charge in [-0.25, -0.2) is 17.2 Å². The lowest BCUT2D eigenvalue weighted by atomic mass is 10.2. The molecule has 0 aliphatic carbocycles. The molecule has 0 radical (unpaired) electrons. The van der Waals surface area contributed by atoms with E-state index in [2.05, 4.69) is 4.74 Å². The molecule has 10 heteroatoms. The first kappa shape index (κ1) is 15.0. The molecule has 0 atom stereocenters. The molecule has 0 bridgehead atoms. The average Bonchev–Trinajstić information content (AvgIpc) is 2.13. The summed E-state index contributed by atoms with van der Waals surface area (Å²) in [5, 5.41) is 0. The molecule has 0 aliphatic rings. The fraction of sp³-hybridized carbons (Fsp3) is 0.250. The zero-order valence-electron chi connectivity index (χ0n) is 8.21. The molecular formula is C8H4ClF5O3S. The van der Waals surface area contributed by atoms with E-state index in [1.165, 1.54) is 0 Å². The molecule has 0 aliphatic heterocycles. The van der Waals surface area contributed by atoms with Gasteiger partial charge in [-0.15, -0.1) is 13.2 Å². The average molecular weight is 311 g/mol. The molecule has 0 spiro atoms. The van der Waals surface area contributed by atoms with Crippen LogP contribution in [0.2, 0.25) is 0 Å². The van der Waals surface area contributed by atoms with Crippen LogP contribution in [-0.2, 0) is 9.05 Å². The smallest absolute Gasteiger partial charge is 0.404 e. The van der Waals surface area contributed by atoms with E-state index < -0.39 is 38.0 Å². The molecular weight excluding hydrogens is 307 g/mol. The molecule has 0 saturated carbocycles. The van der Waals surface area contributed by atoms with E-state index >= 15 is 0 Å². The van der Waals surface area contributed by atoms with Crippen LogP contribution in [-0.4, -0.2) is 14.8 Å².